The summed E-state index contributed by atoms with van der Waals surface area (Å²) in [6, 6.07) is 7.69. The molecule has 1 N–H and O–H groups in total. The van der Waals surface area contributed by atoms with Crippen molar-refractivity contribution in [2.24, 2.45) is 7.05 Å². The number of carbonyl (C=O) groups excluding carboxylic acids is 1. The van der Waals surface area contributed by atoms with Gasteiger partial charge in [0.15, 0.2) is 0 Å². The average Bonchev–Trinajstić information content (AvgIpc) is 3.10. The van der Waals surface area contributed by atoms with Gasteiger partial charge in [0.05, 0.1) is 0 Å². The van der Waals surface area contributed by atoms with Crippen LogP contribution < -0.4 is 5.32 Å². The molecule has 0 saturated carbocycles. The molecule has 1 saturated heterocycles. The zero-order valence-corrected chi connectivity index (χ0v) is 11.4. The first-order valence-corrected chi connectivity index (χ1v) is 6.74. The van der Waals surface area contributed by atoms with Gasteiger partial charge in [-0.1, -0.05) is 12.1 Å². The summed E-state index contributed by atoms with van der Waals surface area (Å²) >= 11 is 0. The van der Waals surface area contributed by atoms with Gasteiger partial charge in [-0.25, -0.2) is 4.98 Å². The van der Waals surface area contributed by atoms with Gasteiger partial charge in [-0.3, -0.25) is 4.79 Å². The highest BCUT2D eigenvalue weighted by molar-refractivity contribution is 5.94. The van der Waals surface area contributed by atoms with Gasteiger partial charge in [-0.15, -0.1) is 0 Å². The van der Waals surface area contributed by atoms with Gasteiger partial charge in [-0.2, -0.15) is 0 Å². The summed E-state index contributed by atoms with van der Waals surface area (Å²) in [6.07, 6.45) is 5.09. The van der Waals surface area contributed by atoms with Crippen LogP contribution >= 0.6 is 0 Å². The van der Waals surface area contributed by atoms with Gasteiger partial charge in [0.25, 0.3) is 5.91 Å². The van der Waals surface area contributed by atoms with Crippen molar-refractivity contribution >= 4 is 11.6 Å². The smallest absolute Gasteiger partial charge is 0.253 e. The van der Waals surface area contributed by atoms with Crippen LogP contribution in [0.3, 0.4) is 0 Å². The molecular weight excluding hydrogens is 254 g/mol. The summed E-state index contributed by atoms with van der Waals surface area (Å²) in [5.41, 5.74) is 1.74. The largest absolute Gasteiger partial charge is 0.368 e. The van der Waals surface area contributed by atoms with Crippen molar-refractivity contribution < 1.29 is 9.53 Å². The number of hydrogen-bond acceptors (Lipinski definition) is 3. The lowest BCUT2D eigenvalue weighted by Crippen LogP contribution is -2.26. The lowest BCUT2D eigenvalue weighted by Gasteiger charge is -2.11. The number of anilines is 1. The number of imidazole rings is 1. The van der Waals surface area contributed by atoms with Gasteiger partial charge < -0.3 is 14.6 Å². The number of carbonyl (C=O) groups is 1. The molecule has 0 aliphatic carbocycles. The standard InChI is InChI=1S/C15H17N3O2/c1-18-8-7-16-14(18)11-4-2-5-12(10-11)17-15(19)13-6-3-9-20-13/h2,4-5,7-8,10,13H,3,6,9H2,1H3,(H,17,19). The Bertz CT molecular complexity index is 615. The predicted molar refractivity (Wildman–Crippen MR) is 76.2 cm³/mol. The molecule has 2 heterocycles. The summed E-state index contributed by atoms with van der Waals surface area (Å²) in [5.74, 6) is 0.803. The third-order valence-corrected chi connectivity index (χ3v) is 3.43. The van der Waals surface area contributed by atoms with Crippen LogP contribution in [0.25, 0.3) is 11.4 Å². The van der Waals surface area contributed by atoms with E-state index in [0.29, 0.717) is 6.61 Å². The maximum Gasteiger partial charge on any atom is 0.253 e. The number of ether oxygens (including phenoxy) is 1. The monoisotopic (exact) mass is 271 g/mol. The number of aromatic nitrogens is 2. The fourth-order valence-corrected chi connectivity index (χ4v) is 2.39. The molecule has 0 bridgehead atoms. The van der Waals surface area contributed by atoms with Crippen LogP contribution in [0.5, 0.6) is 0 Å². The topological polar surface area (TPSA) is 56.2 Å². The minimum atomic E-state index is -0.313. The lowest BCUT2D eigenvalue weighted by atomic mass is 10.1. The number of hydrogen-bond donors (Lipinski definition) is 1. The third-order valence-electron chi connectivity index (χ3n) is 3.43. The van der Waals surface area contributed by atoms with E-state index in [1.165, 1.54) is 0 Å². The Morgan fingerprint density at radius 2 is 2.40 bits per heavy atom. The van der Waals surface area contributed by atoms with E-state index in [4.69, 9.17) is 4.74 Å². The maximum absolute atomic E-state index is 12.0. The molecule has 2 aromatic rings. The van der Waals surface area contributed by atoms with Gasteiger partial charge in [0.1, 0.15) is 11.9 Å². The number of amides is 1. The van der Waals surface area contributed by atoms with Crippen molar-refractivity contribution in [2.75, 3.05) is 11.9 Å². The summed E-state index contributed by atoms with van der Waals surface area (Å²) in [5, 5.41) is 2.90. The summed E-state index contributed by atoms with van der Waals surface area (Å²) < 4.78 is 7.33. The Morgan fingerprint density at radius 3 is 3.10 bits per heavy atom. The van der Waals surface area contributed by atoms with Crippen LogP contribution in [0.4, 0.5) is 5.69 Å². The Labute approximate surface area is 117 Å². The molecule has 3 rings (SSSR count). The summed E-state index contributed by atoms with van der Waals surface area (Å²) in [4.78, 5) is 16.3. The number of nitrogens with one attached hydrogen (secondary N) is 1. The van der Waals surface area contributed by atoms with Crippen LogP contribution in [-0.2, 0) is 16.6 Å². The van der Waals surface area contributed by atoms with E-state index in [0.717, 1.165) is 29.9 Å². The molecule has 1 atom stereocenters. The van der Waals surface area contributed by atoms with E-state index >= 15 is 0 Å². The second-order valence-electron chi connectivity index (χ2n) is 4.93. The summed E-state index contributed by atoms with van der Waals surface area (Å²) in [7, 11) is 1.94. The van der Waals surface area contributed by atoms with E-state index in [1.807, 2.05) is 42.1 Å². The van der Waals surface area contributed by atoms with Gasteiger partial charge in [0.2, 0.25) is 0 Å². The zero-order valence-electron chi connectivity index (χ0n) is 11.4. The average molecular weight is 271 g/mol. The highest BCUT2D eigenvalue weighted by atomic mass is 16.5. The van der Waals surface area contributed by atoms with Crippen LogP contribution in [-0.4, -0.2) is 28.2 Å². The van der Waals surface area contributed by atoms with Crippen LogP contribution in [0.1, 0.15) is 12.8 Å². The molecule has 5 heteroatoms. The normalized spacial score (nSPS) is 18.1. The molecule has 0 spiro atoms. The van der Waals surface area contributed by atoms with E-state index in [1.54, 1.807) is 6.20 Å². The lowest BCUT2D eigenvalue weighted by molar-refractivity contribution is -0.124. The molecule has 5 nitrogen and oxygen atoms in total. The quantitative estimate of drug-likeness (QED) is 0.931. The van der Waals surface area contributed by atoms with Crippen LogP contribution in [0.2, 0.25) is 0 Å². The molecular formula is C15H17N3O2. The molecule has 1 fully saturated rings. The van der Waals surface area contributed by atoms with E-state index in [9.17, 15) is 4.79 Å². The van der Waals surface area contributed by atoms with Crippen molar-refractivity contribution in [1.82, 2.24) is 9.55 Å². The van der Waals surface area contributed by atoms with Crippen molar-refractivity contribution in [2.45, 2.75) is 18.9 Å². The SMILES string of the molecule is Cn1ccnc1-c1cccc(NC(=O)C2CCCO2)c1. The zero-order chi connectivity index (χ0) is 13.9. The first-order chi connectivity index (χ1) is 9.74. The van der Waals surface area contributed by atoms with Crippen LogP contribution in [0, 0.1) is 0 Å². The number of rotatable bonds is 3. The van der Waals surface area contributed by atoms with E-state index < -0.39 is 0 Å². The van der Waals surface area contributed by atoms with Crippen LogP contribution in [0.15, 0.2) is 36.7 Å². The second kappa shape index (κ2) is 5.46. The van der Waals surface area contributed by atoms with E-state index in [-0.39, 0.29) is 12.0 Å². The Morgan fingerprint density at radius 1 is 1.50 bits per heavy atom. The minimum absolute atomic E-state index is 0.0699. The van der Waals surface area contributed by atoms with Gasteiger partial charge in [-0.05, 0) is 25.0 Å². The summed E-state index contributed by atoms with van der Waals surface area (Å²) in [6.45, 7) is 0.672. The van der Waals surface area contributed by atoms with Gasteiger partial charge in [0, 0.05) is 37.3 Å². The molecule has 20 heavy (non-hydrogen) atoms. The third kappa shape index (κ3) is 2.58. The molecule has 1 aliphatic heterocycles. The molecule has 1 aromatic carbocycles. The highest BCUT2D eigenvalue weighted by Crippen LogP contribution is 2.21. The molecule has 1 aromatic heterocycles. The first-order valence-electron chi connectivity index (χ1n) is 6.74. The second-order valence-corrected chi connectivity index (χ2v) is 4.93. The van der Waals surface area contributed by atoms with E-state index in [2.05, 4.69) is 10.3 Å². The first kappa shape index (κ1) is 12.9. The van der Waals surface area contributed by atoms with Crippen molar-refractivity contribution in [1.29, 1.82) is 0 Å². The molecule has 104 valence electrons. The molecule has 1 aliphatic rings. The predicted octanol–water partition coefficient (Wildman–Crippen LogP) is 2.20. The van der Waals surface area contributed by atoms with Crippen molar-refractivity contribution in [3.63, 3.8) is 0 Å². The fraction of sp³-hybridized carbons (Fsp3) is 0.333. The number of nitrogens with zero attached hydrogens (tertiary/aromatic N) is 2. The Kier molecular flexibility index (Phi) is 3.52. The maximum atomic E-state index is 12.0. The molecule has 0 radical (unpaired) electrons. The van der Waals surface area contributed by atoms with Crippen molar-refractivity contribution in [3.05, 3.63) is 36.7 Å². The molecule has 1 amide bonds. The Hall–Kier alpha value is -2.14. The highest BCUT2D eigenvalue weighted by Gasteiger charge is 2.23. The van der Waals surface area contributed by atoms with Gasteiger partial charge >= 0.3 is 0 Å². The fourth-order valence-electron chi connectivity index (χ4n) is 2.39. The number of benzene rings is 1. The van der Waals surface area contributed by atoms with Crippen molar-refractivity contribution in [3.8, 4) is 11.4 Å². The Balaban J connectivity index is 1.78. The minimum Gasteiger partial charge on any atom is -0.368 e. The number of aryl methyl sites for hydroxylation is 1. The molecule has 1 unspecified atom stereocenters.